The van der Waals surface area contributed by atoms with Crippen LogP contribution in [-0.4, -0.2) is 41.6 Å². The number of carboxylic acids is 1. The van der Waals surface area contributed by atoms with Crippen LogP contribution in [-0.2, 0) is 6.61 Å². The van der Waals surface area contributed by atoms with Crippen molar-refractivity contribution < 1.29 is 24.1 Å². The van der Waals surface area contributed by atoms with Crippen LogP contribution in [0.5, 0.6) is 5.75 Å². The summed E-state index contributed by atoms with van der Waals surface area (Å²) >= 11 is 1.51. The second kappa shape index (κ2) is 12.6. The molecule has 162 valence electrons. The number of hydrogen-bond donors (Lipinski definition) is 4. The Labute approximate surface area is 179 Å². The number of anilines is 1. The van der Waals surface area contributed by atoms with E-state index in [9.17, 15) is 9.18 Å². The van der Waals surface area contributed by atoms with Gasteiger partial charge in [0.2, 0.25) is 0 Å². The highest BCUT2D eigenvalue weighted by molar-refractivity contribution is 7.99. The fourth-order valence-corrected chi connectivity index (χ4v) is 2.55. The summed E-state index contributed by atoms with van der Waals surface area (Å²) < 4.78 is 21.9. The predicted octanol–water partition coefficient (Wildman–Crippen LogP) is 4.45. The molecule has 0 aliphatic heterocycles. The Morgan fingerprint density at radius 2 is 2.03 bits per heavy atom. The third-order valence-corrected chi connectivity index (χ3v) is 4.07. The number of rotatable bonds is 8. The van der Waals surface area contributed by atoms with Crippen LogP contribution in [0.15, 0.2) is 41.4 Å². The Morgan fingerprint density at radius 3 is 2.53 bits per heavy atom. The van der Waals surface area contributed by atoms with Crippen LogP contribution in [0.3, 0.4) is 0 Å². The maximum absolute atomic E-state index is 13.1. The number of aliphatic hydroxyl groups excluding tert-OH is 1. The lowest BCUT2D eigenvalue weighted by molar-refractivity contribution is 0.0692. The number of benzene rings is 2. The Bertz CT molecular complexity index is 891. The van der Waals surface area contributed by atoms with E-state index in [0.29, 0.717) is 12.5 Å². The van der Waals surface area contributed by atoms with Crippen molar-refractivity contribution >= 4 is 36.2 Å². The zero-order valence-electron chi connectivity index (χ0n) is 17.1. The summed E-state index contributed by atoms with van der Waals surface area (Å²) in [6.45, 7) is 8.09. The first-order chi connectivity index (χ1) is 14.2. The fraction of sp³-hybridized carbons (Fsp3) is 0.286. The zero-order chi connectivity index (χ0) is 22.7. The molecule has 30 heavy (non-hydrogen) atoms. The highest BCUT2D eigenvalue weighted by atomic mass is 32.2. The minimum absolute atomic E-state index is 0.0491. The monoisotopic (exact) mass is 435 g/mol. The number of hydrogen-bond acceptors (Lipinski definition) is 6. The van der Waals surface area contributed by atoms with E-state index < -0.39 is 17.3 Å². The summed E-state index contributed by atoms with van der Waals surface area (Å²) in [5.41, 5.74) is 1.57. The Morgan fingerprint density at radius 1 is 1.33 bits per heavy atom. The molecule has 0 amide bonds. The van der Waals surface area contributed by atoms with E-state index in [2.05, 4.69) is 30.3 Å². The number of amidine groups is 1. The van der Waals surface area contributed by atoms with Crippen LogP contribution >= 0.6 is 11.9 Å². The number of nitrogens with one attached hydrogen (secondary N) is 2. The lowest BCUT2D eigenvalue weighted by Crippen LogP contribution is -2.06. The largest absolute Gasteiger partial charge is 0.491 e. The van der Waals surface area contributed by atoms with E-state index in [-0.39, 0.29) is 18.0 Å². The van der Waals surface area contributed by atoms with Crippen molar-refractivity contribution in [2.75, 3.05) is 17.6 Å². The SMILES string of the molecule is C=NC(=N)c1ccc(C(=O)O)c(F)c1.CSNc1cc(CO)ccc1OCC(C)C. The van der Waals surface area contributed by atoms with E-state index in [1.54, 1.807) is 0 Å². The fourth-order valence-electron chi connectivity index (χ4n) is 2.17. The average Bonchev–Trinajstić information content (AvgIpc) is 2.72. The molecule has 0 spiro atoms. The number of ether oxygens (including phenoxy) is 1. The van der Waals surface area contributed by atoms with Crippen molar-refractivity contribution in [1.29, 1.82) is 5.41 Å². The van der Waals surface area contributed by atoms with Gasteiger partial charge in [0.1, 0.15) is 11.6 Å². The van der Waals surface area contributed by atoms with Gasteiger partial charge in [0, 0.05) is 11.8 Å². The highest BCUT2D eigenvalue weighted by Crippen LogP contribution is 2.28. The summed E-state index contributed by atoms with van der Waals surface area (Å²) in [7, 11) is 0. The molecular weight excluding hydrogens is 409 g/mol. The van der Waals surface area contributed by atoms with Gasteiger partial charge in [-0.1, -0.05) is 37.9 Å². The summed E-state index contributed by atoms with van der Waals surface area (Å²) in [5, 5.41) is 24.8. The van der Waals surface area contributed by atoms with Gasteiger partial charge in [-0.3, -0.25) is 5.41 Å². The third kappa shape index (κ3) is 7.84. The van der Waals surface area contributed by atoms with Crippen molar-refractivity contribution in [1.82, 2.24) is 0 Å². The average molecular weight is 436 g/mol. The number of aliphatic hydroxyl groups is 1. The van der Waals surface area contributed by atoms with E-state index in [1.165, 1.54) is 18.0 Å². The number of carbonyl (C=O) groups is 1. The van der Waals surface area contributed by atoms with Gasteiger partial charge in [-0.15, -0.1) is 0 Å². The molecule has 4 N–H and O–H groups in total. The number of nitrogens with zero attached hydrogens (tertiary/aromatic N) is 1. The van der Waals surface area contributed by atoms with E-state index >= 15 is 0 Å². The molecule has 0 bridgehead atoms. The van der Waals surface area contributed by atoms with Crippen molar-refractivity contribution in [3.05, 3.63) is 58.9 Å². The summed E-state index contributed by atoms with van der Waals surface area (Å²) in [6.07, 6.45) is 1.96. The second-order valence-electron chi connectivity index (χ2n) is 6.51. The quantitative estimate of drug-likeness (QED) is 0.277. The van der Waals surface area contributed by atoms with Crippen LogP contribution in [0.4, 0.5) is 10.1 Å². The molecule has 0 saturated carbocycles. The minimum Gasteiger partial charge on any atom is -0.491 e. The van der Waals surface area contributed by atoms with Crippen LogP contribution in [0, 0.1) is 17.1 Å². The molecule has 9 heteroatoms. The summed E-state index contributed by atoms with van der Waals surface area (Å²) in [6, 6.07) is 9.02. The lowest BCUT2D eigenvalue weighted by Gasteiger charge is -2.14. The van der Waals surface area contributed by atoms with Gasteiger partial charge in [0.05, 0.1) is 24.5 Å². The van der Waals surface area contributed by atoms with Gasteiger partial charge in [-0.2, -0.15) is 0 Å². The molecule has 7 nitrogen and oxygen atoms in total. The topological polar surface area (TPSA) is 115 Å². The molecule has 0 aromatic heterocycles. The Hall–Kier alpha value is -2.91. The number of halogens is 1. The molecule has 0 heterocycles. The first kappa shape index (κ1) is 25.1. The smallest absolute Gasteiger partial charge is 0.338 e. The number of aliphatic imine (C=N–C) groups is 1. The van der Waals surface area contributed by atoms with Gasteiger partial charge in [0.25, 0.3) is 0 Å². The Kier molecular flexibility index (Phi) is 10.6. The van der Waals surface area contributed by atoms with Crippen molar-refractivity contribution in [3.8, 4) is 5.75 Å². The van der Waals surface area contributed by atoms with E-state index in [1.807, 2.05) is 24.5 Å². The van der Waals surface area contributed by atoms with Gasteiger partial charge in [-0.05, 0) is 42.5 Å². The molecule has 0 saturated heterocycles. The molecule has 0 fully saturated rings. The molecule has 2 aromatic carbocycles. The van der Waals surface area contributed by atoms with Gasteiger partial charge in [0.15, 0.2) is 5.84 Å². The molecular formula is C21H26FN3O4S. The van der Waals surface area contributed by atoms with Crippen molar-refractivity contribution in [2.45, 2.75) is 20.5 Å². The number of carboxylic acid groups (broad SMARTS) is 1. The molecule has 0 atom stereocenters. The molecule has 0 aliphatic rings. The van der Waals surface area contributed by atoms with E-state index in [0.717, 1.165) is 29.1 Å². The lowest BCUT2D eigenvalue weighted by atomic mass is 10.1. The molecule has 0 unspecified atom stereocenters. The molecule has 2 aromatic rings. The van der Waals surface area contributed by atoms with Crippen LogP contribution in [0.2, 0.25) is 0 Å². The summed E-state index contributed by atoms with van der Waals surface area (Å²) in [4.78, 5) is 13.7. The van der Waals surface area contributed by atoms with Gasteiger partial charge in [-0.25, -0.2) is 14.2 Å². The third-order valence-electron chi connectivity index (χ3n) is 3.64. The van der Waals surface area contributed by atoms with Gasteiger partial charge >= 0.3 is 5.97 Å². The highest BCUT2D eigenvalue weighted by Gasteiger charge is 2.11. The maximum atomic E-state index is 13.1. The predicted molar refractivity (Wildman–Crippen MR) is 120 cm³/mol. The second-order valence-corrected chi connectivity index (χ2v) is 7.12. The van der Waals surface area contributed by atoms with Crippen molar-refractivity contribution in [3.63, 3.8) is 0 Å². The summed E-state index contributed by atoms with van der Waals surface area (Å²) in [5.74, 6) is -1.09. The normalized spacial score (nSPS) is 10.1. The maximum Gasteiger partial charge on any atom is 0.338 e. The van der Waals surface area contributed by atoms with E-state index in [4.69, 9.17) is 20.4 Å². The van der Waals surface area contributed by atoms with Crippen LogP contribution in [0.1, 0.15) is 35.3 Å². The van der Waals surface area contributed by atoms with Crippen LogP contribution in [0.25, 0.3) is 0 Å². The minimum atomic E-state index is -1.34. The zero-order valence-corrected chi connectivity index (χ0v) is 17.9. The molecule has 2 rings (SSSR count). The molecule has 0 aliphatic carbocycles. The van der Waals surface area contributed by atoms with Crippen molar-refractivity contribution in [2.24, 2.45) is 10.9 Å². The standard InChI is InChI=1S/C12H19NO2S.C9H7FN2O2/c1-9(2)8-15-12-5-4-10(7-14)6-11(12)13-16-3;1-12-8(11)5-2-3-6(9(13)14)7(10)4-5/h4-6,9,13-14H,7-8H2,1-3H3;2-4,11H,1H2,(H,13,14). The first-order valence-corrected chi connectivity index (χ1v) is 10.2. The number of aromatic carboxylic acids is 1. The first-order valence-electron chi connectivity index (χ1n) is 8.97. The van der Waals surface area contributed by atoms with Crippen LogP contribution < -0.4 is 9.46 Å². The molecule has 0 radical (unpaired) electrons. The van der Waals surface area contributed by atoms with Gasteiger partial charge < -0.3 is 19.7 Å². The Balaban J connectivity index is 0.000000303.